The summed E-state index contributed by atoms with van der Waals surface area (Å²) in [7, 11) is 0. The molecule has 0 aromatic carbocycles. The highest BCUT2D eigenvalue weighted by molar-refractivity contribution is 5.78. The van der Waals surface area contributed by atoms with Gasteiger partial charge in [0.15, 0.2) is 0 Å². The van der Waals surface area contributed by atoms with Crippen molar-refractivity contribution in [2.75, 3.05) is 6.54 Å². The lowest BCUT2D eigenvalue weighted by atomic mass is 9.96. The van der Waals surface area contributed by atoms with Crippen molar-refractivity contribution < 1.29 is 4.79 Å². The molecule has 86 valence electrons. The minimum Gasteiger partial charge on any atom is -0.352 e. The molecule has 0 aromatic heterocycles. The third kappa shape index (κ3) is 2.51. The minimum absolute atomic E-state index is 0.234. The van der Waals surface area contributed by atoms with Gasteiger partial charge in [-0.05, 0) is 33.1 Å². The Bertz CT molecular complexity index is 232. The van der Waals surface area contributed by atoms with Crippen molar-refractivity contribution in [1.29, 1.82) is 0 Å². The fourth-order valence-corrected chi connectivity index (χ4v) is 2.90. The van der Waals surface area contributed by atoms with E-state index in [0.29, 0.717) is 18.1 Å². The van der Waals surface area contributed by atoms with Gasteiger partial charge in [0, 0.05) is 31.1 Å². The van der Waals surface area contributed by atoms with Crippen LogP contribution in [0.15, 0.2) is 0 Å². The van der Waals surface area contributed by atoms with Gasteiger partial charge < -0.3 is 5.32 Å². The third-order valence-corrected chi connectivity index (χ3v) is 3.89. The molecule has 2 unspecified atom stereocenters. The monoisotopic (exact) mass is 210 g/mol. The van der Waals surface area contributed by atoms with Crippen molar-refractivity contribution >= 4 is 5.91 Å². The Morgan fingerprint density at radius 1 is 1.27 bits per heavy atom. The van der Waals surface area contributed by atoms with Crippen LogP contribution in [0.5, 0.6) is 0 Å². The van der Waals surface area contributed by atoms with E-state index < -0.39 is 0 Å². The van der Waals surface area contributed by atoms with E-state index in [1.807, 2.05) is 0 Å². The molecule has 0 bridgehead atoms. The normalized spacial score (nSPS) is 38.0. The number of carbonyl (C=O) groups excluding carboxylic acids is 1. The first kappa shape index (κ1) is 10.9. The number of nitrogens with zero attached hydrogens (tertiary/aromatic N) is 1. The Kier molecular flexibility index (Phi) is 3.29. The second-order valence-corrected chi connectivity index (χ2v) is 5.13. The minimum atomic E-state index is 0.234. The first-order chi connectivity index (χ1) is 7.16. The van der Waals surface area contributed by atoms with Crippen molar-refractivity contribution in [3.8, 4) is 0 Å². The summed E-state index contributed by atoms with van der Waals surface area (Å²) >= 11 is 0. The van der Waals surface area contributed by atoms with E-state index in [1.165, 1.54) is 19.3 Å². The summed E-state index contributed by atoms with van der Waals surface area (Å²) in [6.45, 7) is 5.67. The molecule has 2 aliphatic rings. The number of rotatable bonds is 2. The van der Waals surface area contributed by atoms with Crippen LogP contribution < -0.4 is 5.32 Å². The van der Waals surface area contributed by atoms with Crippen molar-refractivity contribution in [3.63, 3.8) is 0 Å². The highest BCUT2D eigenvalue weighted by Crippen LogP contribution is 2.23. The molecular weight excluding hydrogens is 188 g/mol. The van der Waals surface area contributed by atoms with E-state index in [0.717, 1.165) is 19.4 Å². The second kappa shape index (κ2) is 4.52. The summed E-state index contributed by atoms with van der Waals surface area (Å²) in [5.74, 6) is 0.234. The maximum atomic E-state index is 11.1. The number of piperidine rings is 1. The number of hydrogen-bond acceptors (Lipinski definition) is 2. The maximum Gasteiger partial charge on any atom is 0.220 e. The van der Waals surface area contributed by atoms with E-state index in [9.17, 15) is 4.79 Å². The van der Waals surface area contributed by atoms with Gasteiger partial charge in [0.05, 0.1) is 0 Å². The zero-order chi connectivity index (χ0) is 10.8. The summed E-state index contributed by atoms with van der Waals surface area (Å²) in [5, 5.41) is 3.06. The van der Waals surface area contributed by atoms with E-state index in [2.05, 4.69) is 24.1 Å². The van der Waals surface area contributed by atoms with Gasteiger partial charge in [0.1, 0.15) is 0 Å². The second-order valence-electron chi connectivity index (χ2n) is 5.13. The lowest BCUT2D eigenvalue weighted by molar-refractivity contribution is -0.119. The molecule has 1 N–H and O–H groups in total. The molecule has 2 aliphatic heterocycles. The maximum absolute atomic E-state index is 11.1. The van der Waals surface area contributed by atoms with Crippen LogP contribution in [-0.4, -0.2) is 35.5 Å². The molecule has 3 atom stereocenters. The van der Waals surface area contributed by atoms with E-state index in [-0.39, 0.29) is 5.91 Å². The van der Waals surface area contributed by atoms with Gasteiger partial charge in [-0.3, -0.25) is 9.69 Å². The zero-order valence-corrected chi connectivity index (χ0v) is 9.83. The summed E-state index contributed by atoms with van der Waals surface area (Å²) in [6.07, 6.45) is 5.72. The Morgan fingerprint density at radius 3 is 2.47 bits per heavy atom. The van der Waals surface area contributed by atoms with Gasteiger partial charge in [0.2, 0.25) is 5.91 Å². The van der Waals surface area contributed by atoms with Crippen LogP contribution in [0.25, 0.3) is 0 Å². The van der Waals surface area contributed by atoms with Gasteiger partial charge in [0.25, 0.3) is 0 Å². The number of amides is 1. The van der Waals surface area contributed by atoms with Crippen molar-refractivity contribution in [3.05, 3.63) is 0 Å². The molecule has 2 fully saturated rings. The van der Waals surface area contributed by atoms with Crippen LogP contribution in [0.4, 0.5) is 0 Å². The average Bonchev–Trinajstić information content (AvgIpc) is 2.58. The molecule has 3 heteroatoms. The highest BCUT2D eigenvalue weighted by atomic mass is 16.1. The van der Waals surface area contributed by atoms with Gasteiger partial charge in [-0.15, -0.1) is 0 Å². The summed E-state index contributed by atoms with van der Waals surface area (Å²) < 4.78 is 0. The molecular formula is C12H22N2O. The summed E-state index contributed by atoms with van der Waals surface area (Å²) in [5.41, 5.74) is 0. The predicted octanol–water partition coefficient (Wildman–Crippen LogP) is 1.53. The average molecular weight is 210 g/mol. The fraction of sp³-hybridized carbons (Fsp3) is 0.917. The first-order valence-electron chi connectivity index (χ1n) is 6.22. The smallest absolute Gasteiger partial charge is 0.220 e. The molecule has 1 amide bonds. The molecule has 15 heavy (non-hydrogen) atoms. The van der Waals surface area contributed by atoms with Gasteiger partial charge in [-0.2, -0.15) is 0 Å². The van der Waals surface area contributed by atoms with Crippen molar-refractivity contribution in [1.82, 2.24) is 10.2 Å². The van der Waals surface area contributed by atoms with Crippen LogP contribution in [0.1, 0.15) is 46.0 Å². The summed E-state index contributed by atoms with van der Waals surface area (Å²) in [4.78, 5) is 13.7. The first-order valence-corrected chi connectivity index (χ1v) is 6.22. The molecule has 0 aromatic rings. The molecule has 2 rings (SSSR count). The van der Waals surface area contributed by atoms with Gasteiger partial charge in [-0.25, -0.2) is 0 Å². The van der Waals surface area contributed by atoms with Crippen LogP contribution in [0, 0.1) is 0 Å². The number of hydrogen-bond donors (Lipinski definition) is 1. The quantitative estimate of drug-likeness (QED) is 0.749. The Hall–Kier alpha value is -0.570. The standard InChI is InChI=1S/C12H22N2O/c1-9-4-3-5-10(2)14(9)8-11-6-7-12(15)13-11/h9-11H,3-8H2,1-2H3,(H,13,15)/t9?,10?,11-/m0/s1. The third-order valence-electron chi connectivity index (χ3n) is 3.89. The number of nitrogens with one attached hydrogen (secondary N) is 1. The lowest BCUT2D eigenvalue weighted by Crippen LogP contribution is -2.49. The number of carbonyl (C=O) groups is 1. The van der Waals surface area contributed by atoms with Crippen LogP contribution in [0.3, 0.4) is 0 Å². The van der Waals surface area contributed by atoms with Crippen LogP contribution >= 0.6 is 0 Å². The van der Waals surface area contributed by atoms with E-state index >= 15 is 0 Å². The molecule has 0 aliphatic carbocycles. The predicted molar refractivity (Wildman–Crippen MR) is 60.6 cm³/mol. The Balaban J connectivity index is 1.88. The van der Waals surface area contributed by atoms with Crippen molar-refractivity contribution in [2.45, 2.75) is 64.1 Å². The fourth-order valence-electron chi connectivity index (χ4n) is 2.90. The van der Waals surface area contributed by atoms with Crippen LogP contribution in [0.2, 0.25) is 0 Å². The Morgan fingerprint density at radius 2 is 1.93 bits per heavy atom. The lowest BCUT2D eigenvalue weighted by Gasteiger charge is -2.40. The van der Waals surface area contributed by atoms with Crippen molar-refractivity contribution in [2.24, 2.45) is 0 Å². The number of likely N-dealkylation sites (tertiary alicyclic amines) is 1. The molecule has 3 nitrogen and oxygen atoms in total. The topological polar surface area (TPSA) is 32.3 Å². The van der Waals surface area contributed by atoms with Gasteiger partial charge in [-0.1, -0.05) is 6.42 Å². The highest BCUT2D eigenvalue weighted by Gasteiger charge is 2.29. The van der Waals surface area contributed by atoms with E-state index in [1.54, 1.807) is 0 Å². The molecule has 0 radical (unpaired) electrons. The molecule has 0 saturated carbocycles. The SMILES string of the molecule is CC1CCCC(C)N1C[C@@H]1CCC(=O)N1. The summed E-state index contributed by atoms with van der Waals surface area (Å²) in [6, 6.07) is 1.78. The molecule has 2 heterocycles. The van der Waals surface area contributed by atoms with Crippen LogP contribution in [-0.2, 0) is 4.79 Å². The molecule has 2 saturated heterocycles. The Labute approximate surface area is 92.2 Å². The zero-order valence-electron chi connectivity index (χ0n) is 9.83. The largest absolute Gasteiger partial charge is 0.352 e. The van der Waals surface area contributed by atoms with E-state index in [4.69, 9.17) is 0 Å². The van der Waals surface area contributed by atoms with Gasteiger partial charge >= 0.3 is 0 Å². The molecule has 0 spiro atoms.